The number of halogens is 1. The number of rotatable bonds is 3. The van der Waals surface area contributed by atoms with Crippen molar-refractivity contribution in [2.45, 2.75) is 13.0 Å². The third kappa shape index (κ3) is 3.96. The van der Waals surface area contributed by atoms with Gasteiger partial charge in [0.25, 0.3) is 0 Å². The number of ether oxygens (including phenoxy) is 1. The van der Waals surface area contributed by atoms with Crippen LogP contribution in [-0.4, -0.2) is 6.09 Å². The molecule has 0 bridgehead atoms. The zero-order chi connectivity index (χ0) is 13.7. The van der Waals surface area contributed by atoms with E-state index in [2.05, 4.69) is 27.9 Å². The molecule has 2 rings (SSSR count). The molecule has 0 heterocycles. The van der Waals surface area contributed by atoms with Gasteiger partial charge in [-0.3, -0.25) is 0 Å². The van der Waals surface area contributed by atoms with Crippen LogP contribution in [0.2, 0.25) is 0 Å². The molecule has 0 aromatic heterocycles. The maximum absolute atomic E-state index is 11.8. The summed E-state index contributed by atoms with van der Waals surface area (Å²) >= 11 is 2.25. The molecule has 3 nitrogen and oxygen atoms in total. The quantitative estimate of drug-likeness (QED) is 0.829. The zero-order valence-corrected chi connectivity index (χ0v) is 12.6. The van der Waals surface area contributed by atoms with Gasteiger partial charge in [0.1, 0.15) is 5.75 Å². The van der Waals surface area contributed by atoms with Crippen molar-refractivity contribution in [3.8, 4) is 5.75 Å². The van der Waals surface area contributed by atoms with E-state index in [9.17, 15) is 4.79 Å². The molecular weight excluding hydrogens is 353 g/mol. The number of carbonyl (C=O) groups is 1. The first kappa shape index (κ1) is 13.9. The van der Waals surface area contributed by atoms with E-state index in [1.165, 1.54) is 0 Å². The first-order valence-electron chi connectivity index (χ1n) is 5.94. The van der Waals surface area contributed by atoms with E-state index in [0.29, 0.717) is 5.75 Å². The Bertz CT molecular complexity index is 557. The molecule has 2 aromatic carbocycles. The van der Waals surface area contributed by atoms with Crippen LogP contribution in [0.3, 0.4) is 0 Å². The summed E-state index contributed by atoms with van der Waals surface area (Å²) in [6, 6.07) is 16.9. The van der Waals surface area contributed by atoms with E-state index in [1.54, 1.807) is 12.1 Å². The van der Waals surface area contributed by atoms with Crippen LogP contribution in [0, 0.1) is 3.57 Å². The molecular formula is C15H14INO2. The fourth-order valence-electron chi connectivity index (χ4n) is 1.71. The van der Waals surface area contributed by atoms with E-state index in [1.807, 2.05) is 49.4 Å². The van der Waals surface area contributed by atoms with Crippen LogP contribution in [-0.2, 0) is 0 Å². The second kappa shape index (κ2) is 6.56. The van der Waals surface area contributed by atoms with Gasteiger partial charge in [-0.15, -0.1) is 0 Å². The smallest absolute Gasteiger partial charge is 0.410 e. The molecule has 19 heavy (non-hydrogen) atoms. The standard InChI is InChI=1S/C15H14INO2/c1-11(13-9-5-6-10-14(13)16)17-15(18)19-12-7-3-2-4-8-12/h2-11H,1H3,(H,17,18)/t11-/m1/s1. The SMILES string of the molecule is C[C@@H](NC(=O)Oc1ccccc1)c1ccccc1I. The minimum atomic E-state index is -0.446. The summed E-state index contributed by atoms with van der Waals surface area (Å²) < 4.78 is 6.31. The van der Waals surface area contributed by atoms with Gasteiger partial charge in [-0.1, -0.05) is 36.4 Å². The van der Waals surface area contributed by atoms with Crippen LogP contribution in [0.1, 0.15) is 18.5 Å². The lowest BCUT2D eigenvalue weighted by Crippen LogP contribution is -2.29. The second-order valence-corrected chi connectivity index (χ2v) is 5.25. The summed E-state index contributed by atoms with van der Waals surface area (Å²) in [4.78, 5) is 11.8. The van der Waals surface area contributed by atoms with E-state index in [4.69, 9.17) is 4.74 Å². The first-order valence-corrected chi connectivity index (χ1v) is 7.02. The van der Waals surface area contributed by atoms with Gasteiger partial charge in [-0.05, 0) is 53.3 Å². The summed E-state index contributed by atoms with van der Waals surface area (Å²) in [5.41, 5.74) is 1.08. The second-order valence-electron chi connectivity index (χ2n) is 4.09. The number of para-hydroxylation sites is 1. The van der Waals surface area contributed by atoms with Crippen molar-refractivity contribution < 1.29 is 9.53 Å². The average Bonchev–Trinajstić information content (AvgIpc) is 2.40. The first-order chi connectivity index (χ1) is 9.16. The molecule has 0 saturated carbocycles. The minimum Gasteiger partial charge on any atom is -0.410 e. The lowest BCUT2D eigenvalue weighted by atomic mass is 10.1. The predicted molar refractivity (Wildman–Crippen MR) is 83.2 cm³/mol. The third-order valence-corrected chi connectivity index (χ3v) is 3.64. The molecule has 1 amide bonds. The van der Waals surface area contributed by atoms with Crippen LogP contribution in [0.25, 0.3) is 0 Å². The van der Waals surface area contributed by atoms with Crippen LogP contribution < -0.4 is 10.1 Å². The average molecular weight is 367 g/mol. The Morgan fingerprint density at radius 2 is 1.74 bits per heavy atom. The van der Waals surface area contributed by atoms with Crippen molar-refractivity contribution in [3.63, 3.8) is 0 Å². The lowest BCUT2D eigenvalue weighted by molar-refractivity contribution is 0.197. The number of hydrogen-bond acceptors (Lipinski definition) is 2. The molecule has 0 radical (unpaired) electrons. The molecule has 0 fully saturated rings. The molecule has 0 unspecified atom stereocenters. The van der Waals surface area contributed by atoms with Crippen molar-refractivity contribution in [2.75, 3.05) is 0 Å². The fraction of sp³-hybridized carbons (Fsp3) is 0.133. The lowest BCUT2D eigenvalue weighted by Gasteiger charge is -2.15. The molecule has 4 heteroatoms. The van der Waals surface area contributed by atoms with Crippen molar-refractivity contribution in [3.05, 3.63) is 63.7 Å². The van der Waals surface area contributed by atoms with Crippen molar-refractivity contribution >= 4 is 28.7 Å². The van der Waals surface area contributed by atoms with E-state index < -0.39 is 6.09 Å². The van der Waals surface area contributed by atoms with Gasteiger partial charge in [-0.2, -0.15) is 0 Å². The highest BCUT2D eigenvalue weighted by molar-refractivity contribution is 14.1. The van der Waals surface area contributed by atoms with Gasteiger partial charge in [-0.25, -0.2) is 4.79 Å². The maximum Gasteiger partial charge on any atom is 0.413 e. The molecule has 2 aromatic rings. The van der Waals surface area contributed by atoms with Crippen LogP contribution >= 0.6 is 22.6 Å². The fourth-order valence-corrected chi connectivity index (χ4v) is 2.56. The maximum atomic E-state index is 11.8. The summed E-state index contributed by atoms with van der Waals surface area (Å²) in [5.74, 6) is 0.537. The highest BCUT2D eigenvalue weighted by atomic mass is 127. The van der Waals surface area contributed by atoms with E-state index in [0.717, 1.165) is 9.13 Å². The summed E-state index contributed by atoms with van der Waals surface area (Å²) in [6.07, 6.45) is -0.446. The molecule has 1 N–H and O–H groups in total. The Morgan fingerprint density at radius 3 is 2.42 bits per heavy atom. The van der Waals surface area contributed by atoms with E-state index in [-0.39, 0.29) is 6.04 Å². The highest BCUT2D eigenvalue weighted by Crippen LogP contribution is 2.19. The monoisotopic (exact) mass is 367 g/mol. The van der Waals surface area contributed by atoms with Crippen LogP contribution in [0.5, 0.6) is 5.75 Å². The largest absolute Gasteiger partial charge is 0.413 e. The Morgan fingerprint density at radius 1 is 1.11 bits per heavy atom. The van der Waals surface area contributed by atoms with Gasteiger partial charge in [0, 0.05) is 3.57 Å². The minimum absolute atomic E-state index is 0.0932. The number of amides is 1. The molecule has 1 atom stereocenters. The number of nitrogens with one attached hydrogen (secondary N) is 1. The van der Waals surface area contributed by atoms with Gasteiger partial charge in [0.05, 0.1) is 6.04 Å². The summed E-state index contributed by atoms with van der Waals surface area (Å²) in [6.45, 7) is 1.93. The molecule has 0 aliphatic carbocycles. The molecule has 98 valence electrons. The number of benzene rings is 2. The normalized spacial score (nSPS) is 11.7. The highest BCUT2D eigenvalue weighted by Gasteiger charge is 2.13. The van der Waals surface area contributed by atoms with Gasteiger partial charge in [0.15, 0.2) is 0 Å². The van der Waals surface area contributed by atoms with Gasteiger partial charge < -0.3 is 10.1 Å². The third-order valence-electron chi connectivity index (χ3n) is 2.66. The summed E-state index contributed by atoms with van der Waals surface area (Å²) in [5, 5.41) is 2.82. The number of hydrogen-bond donors (Lipinski definition) is 1. The zero-order valence-electron chi connectivity index (χ0n) is 10.5. The van der Waals surface area contributed by atoms with Crippen LogP contribution in [0.15, 0.2) is 54.6 Å². The van der Waals surface area contributed by atoms with Gasteiger partial charge in [0.2, 0.25) is 0 Å². The Kier molecular flexibility index (Phi) is 4.79. The Hall–Kier alpha value is -1.56. The summed E-state index contributed by atoms with van der Waals surface area (Å²) in [7, 11) is 0. The predicted octanol–water partition coefficient (Wildman–Crippen LogP) is 4.14. The topological polar surface area (TPSA) is 38.3 Å². The molecule has 0 spiro atoms. The van der Waals surface area contributed by atoms with Gasteiger partial charge >= 0.3 is 6.09 Å². The van der Waals surface area contributed by atoms with Crippen LogP contribution in [0.4, 0.5) is 4.79 Å². The van der Waals surface area contributed by atoms with E-state index >= 15 is 0 Å². The van der Waals surface area contributed by atoms with Crippen molar-refractivity contribution in [2.24, 2.45) is 0 Å². The van der Waals surface area contributed by atoms with Crippen molar-refractivity contribution in [1.82, 2.24) is 5.32 Å². The molecule has 0 saturated heterocycles. The number of carbonyl (C=O) groups excluding carboxylic acids is 1. The van der Waals surface area contributed by atoms with Crippen molar-refractivity contribution in [1.29, 1.82) is 0 Å². The molecule has 0 aliphatic heterocycles. The Balaban J connectivity index is 1.98. The Labute approximate surface area is 126 Å². The molecule has 0 aliphatic rings.